The number of morpholine rings is 1. The summed E-state index contributed by atoms with van der Waals surface area (Å²) in [6.45, 7) is 6.50. The van der Waals surface area contributed by atoms with Crippen LogP contribution in [0.4, 0.5) is 4.79 Å². The van der Waals surface area contributed by atoms with Crippen LogP contribution < -0.4 is 10.6 Å². The van der Waals surface area contributed by atoms with E-state index in [4.69, 9.17) is 4.74 Å². The van der Waals surface area contributed by atoms with Crippen LogP contribution in [0.25, 0.3) is 0 Å². The predicted molar refractivity (Wildman–Crippen MR) is 61.4 cm³/mol. The summed E-state index contributed by atoms with van der Waals surface area (Å²) in [5.74, 6) is 0. The number of amides is 2. The number of carbonyl (C=O) groups excluding carboxylic acids is 1. The highest BCUT2D eigenvalue weighted by Gasteiger charge is 2.24. The van der Waals surface area contributed by atoms with Crippen LogP contribution in [-0.2, 0) is 4.74 Å². The molecule has 2 N–H and O–H groups in total. The third kappa shape index (κ3) is 3.98. The molecule has 1 aliphatic heterocycles. The zero-order valence-electron chi connectivity index (χ0n) is 9.87. The maximum atomic E-state index is 11.5. The number of nitrogens with one attached hydrogen (secondary N) is 2. The molecule has 0 aromatic carbocycles. The van der Waals surface area contributed by atoms with Crippen molar-refractivity contribution < 1.29 is 9.53 Å². The number of hydrogen-bond acceptors (Lipinski definition) is 3. The van der Waals surface area contributed by atoms with Crippen molar-refractivity contribution in [3.05, 3.63) is 0 Å². The Kier molecular flexibility index (Phi) is 4.01. The highest BCUT2D eigenvalue weighted by Crippen LogP contribution is 2.18. The molecule has 0 bridgehead atoms. The Balaban J connectivity index is 1.61. The average molecular weight is 227 g/mol. The monoisotopic (exact) mass is 227 g/mol. The Labute approximate surface area is 96.5 Å². The minimum atomic E-state index is -0.0248. The molecule has 1 atom stereocenters. The zero-order chi connectivity index (χ0) is 11.4. The molecule has 2 fully saturated rings. The van der Waals surface area contributed by atoms with Crippen molar-refractivity contribution in [2.75, 3.05) is 32.8 Å². The minimum Gasteiger partial charge on any atom is -0.379 e. The Morgan fingerprint density at radius 3 is 2.75 bits per heavy atom. The molecule has 5 heteroatoms. The first-order valence-electron chi connectivity index (χ1n) is 6.11. The van der Waals surface area contributed by atoms with E-state index in [0.717, 1.165) is 45.7 Å². The minimum absolute atomic E-state index is 0.0248. The predicted octanol–water partition coefficient (Wildman–Crippen LogP) is 0.169. The Morgan fingerprint density at radius 2 is 2.12 bits per heavy atom. The first-order chi connectivity index (χ1) is 7.74. The van der Waals surface area contributed by atoms with Gasteiger partial charge in [-0.05, 0) is 19.8 Å². The smallest absolute Gasteiger partial charge is 0.315 e. The fourth-order valence-electron chi connectivity index (χ4n) is 1.90. The van der Waals surface area contributed by atoms with Crippen molar-refractivity contribution in [2.24, 2.45) is 0 Å². The molecule has 1 aliphatic carbocycles. The molecule has 2 rings (SSSR count). The summed E-state index contributed by atoms with van der Waals surface area (Å²) in [6, 6.07) is 0.593. The van der Waals surface area contributed by atoms with Gasteiger partial charge >= 0.3 is 6.03 Å². The van der Waals surface area contributed by atoms with Gasteiger partial charge in [0.1, 0.15) is 0 Å². The van der Waals surface area contributed by atoms with Gasteiger partial charge in [-0.25, -0.2) is 4.79 Å². The fourth-order valence-corrected chi connectivity index (χ4v) is 1.90. The van der Waals surface area contributed by atoms with Gasteiger partial charge in [0, 0.05) is 31.7 Å². The summed E-state index contributed by atoms with van der Waals surface area (Å²) in [5.41, 5.74) is 0. The Morgan fingerprint density at radius 1 is 1.44 bits per heavy atom. The quantitative estimate of drug-likeness (QED) is 0.720. The van der Waals surface area contributed by atoms with Crippen LogP contribution in [0.2, 0.25) is 0 Å². The lowest BCUT2D eigenvalue weighted by Gasteiger charge is -2.29. The molecule has 0 aromatic rings. The lowest BCUT2D eigenvalue weighted by molar-refractivity contribution is 0.0349. The third-order valence-corrected chi connectivity index (χ3v) is 2.93. The molecule has 1 saturated heterocycles. The second-order valence-electron chi connectivity index (χ2n) is 4.71. The summed E-state index contributed by atoms with van der Waals surface area (Å²) in [5, 5.41) is 5.89. The van der Waals surface area contributed by atoms with Crippen molar-refractivity contribution in [3.63, 3.8) is 0 Å². The van der Waals surface area contributed by atoms with Gasteiger partial charge in [-0.2, -0.15) is 0 Å². The molecule has 0 aromatic heterocycles. The summed E-state index contributed by atoms with van der Waals surface area (Å²) < 4.78 is 5.28. The number of ether oxygens (including phenoxy) is 1. The van der Waals surface area contributed by atoms with E-state index in [-0.39, 0.29) is 12.1 Å². The van der Waals surface area contributed by atoms with E-state index in [0.29, 0.717) is 6.04 Å². The van der Waals surface area contributed by atoms with Gasteiger partial charge < -0.3 is 15.4 Å². The molecule has 16 heavy (non-hydrogen) atoms. The van der Waals surface area contributed by atoms with E-state index >= 15 is 0 Å². The van der Waals surface area contributed by atoms with E-state index in [1.54, 1.807) is 0 Å². The SMILES string of the molecule is CC(CN1CCOCC1)NC(=O)NC1CC1. The Hall–Kier alpha value is -0.810. The van der Waals surface area contributed by atoms with Gasteiger partial charge in [0.15, 0.2) is 0 Å². The number of rotatable bonds is 4. The van der Waals surface area contributed by atoms with Gasteiger partial charge in [-0.1, -0.05) is 0 Å². The molecule has 2 amide bonds. The van der Waals surface area contributed by atoms with Gasteiger partial charge in [0.2, 0.25) is 0 Å². The van der Waals surface area contributed by atoms with Crippen LogP contribution >= 0.6 is 0 Å². The molecule has 1 saturated carbocycles. The van der Waals surface area contributed by atoms with Gasteiger partial charge in [-0.3, -0.25) is 4.90 Å². The third-order valence-electron chi connectivity index (χ3n) is 2.93. The number of carbonyl (C=O) groups is 1. The van der Waals surface area contributed by atoms with Crippen molar-refractivity contribution in [1.82, 2.24) is 15.5 Å². The van der Waals surface area contributed by atoms with Crippen molar-refractivity contribution in [3.8, 4) is 0 Å². The van der Waals surface area contributed by atoms with Crippen LogP contribution in [-0.4, -0.2) is 55.9 Å². The summed E-state index contributed by atoms with van der Waals surface area (Å²) in [4.78, 5) is 13.8. The first-order valence-corrected chi connectivity index (χ1v) is 6.11. The van der Waals surface area contributed by atoms with E-state index < -0.39 is 0 Å². The van der Waals surface area contributed by atoms with Crippen LogP contribution in [0, 0.1) is 0 Å². The first kappa shape index (κ1) is 11.7. The molecule has 0 spiro atoms. The lowest BCUT2D eigenvalue weighted by atomic mass is 10.3. The second-order valence-corrected chi connectivity index (χ2v) is 4.71. The van der Waals surface area contributed by atoms with Crippen molar-refractivity contribution in [2.45, 2.75) is 31.8 Å². The molecule has 92 valence electrons. The van der Waals surface area contributed by atoms with Crippen LogP contribution in [0.3, 0.4) is 0 Å². The van der Waals surface area contributed by atoms with Crippen LogP contribution in [0.1, 0.15) is 19.8 Å². The number of urea groups is 1. The molecular formula is C11H21N3O2. The van der Waals surface area contributed by atoms with Crippen LogP contribution in [0.15, 0.2) is 0 Å². The normalized spacial score (nSPS) is 23.8. The van der Waals surface area contributed by atoms with E-state index in [9.17, 15) is 4.79 Å². The van der Waals surface area contributed by atoms with Gasteiger partial charge in [0.05, 0.1) is 13.2 Å². The lowest BCUT2D eigenvalue weighted by Crippen LogP contribution is -2.48. The van der Waals surface area contributed by atoms with Gasteiger partial charge in [-0.15, -0.1) is 0 Å². The fraction of sp³-hybridized carbons (Fsp3) is 0.909. The second kappa shape index (κ2) is 5.50. The standard InChI is InChI=1S/C11H21N3O2/c1-9(8-14-4-6-16-7-5-14)12-11(15)13-10-2-3-10/h9-10H,2-8H2,1H3,(H2,12,13,15). The van der Waals surface area contributed by atoms with Crippen molar-refractivity contribution >= 4 is 6.03 Å². The van der Waals surface area contributed by atoms with Crippen molar-refractivity contribution in [1.29, 1.82) is 0 Å². The number of hydrogen-bond donors (Lipinski definition) is 2. The maximum Gasteiger partial charge on any atom is 0.315 e. The molecule has 1 unspecified atom stereocenters. The van der Waals surface area contributed by atoms with E-state index in [2.05, 4.69) is 15.5 Å². The molecule has 2 aliphatic rings. The molecular weight excluding hydrogens is 206 g/mol. The van der Waals surface area contributed by atoms with E-state index in [1.807, 2.05) is 6.92 Å². The summed E-state index contributed by atoms with van der Waals surface area (Å²) >= 11 is 0. The molecule has 0 radical (unpaired) electrons. The molecule has 5 nitrogen and oxygen atoms in total. The zero-order valence-corrected chi connectivity index (χ0v) is 9.87. The van der Waals surface area contributed by atoms with Gasteiger partial charge in [0.25, 0.3) is 0 Å². The van der Waals surface area contributed by atoms with E-state index in [1.165, 1.54) is 0 Å². The summed E-state index contributed by atoms with van der Waals surface area (Å²) in [7, 11) is 0. The van der Waals surface area contributed by atoms with Crippen LogP contribution in [0.5, 0.6) is 0 Å². The topological polar surface area (TPSA) is 53.6 Å². The summed E-state index contributed by atoms with van der Waals surface area (Å²) in [6.07, 6.45) is 2.26. The average Bonchev–Trinajstić information content (AvgIpc) is 3.02. The maximum absolute atomic E-state index is 11.5. The highest BCUT2D eigenvalue weighted by molar-refractivity contribution is 5.74. The highest BCUT2D eigenvalue weighted by atomic mass is 16.5. The number of nitrogens with zero attached hydrogens (tertiary/aromatic N) is 1. The largest absolute Gasteiger partial charge is 0.379 e. The molecule has 1 heterocycles. The Bertz CT molecular complexity index is 237.